The zero-order chi connectivity index (χ0) is 30.2. The molecule has 2 amide bonds. The van der Waals surface area contributed by atoms with Gasteiger partial charge in [-0.1, -0.05) is 12.1 Å². The smallest absolute Gasteiger partial charge is 0.407 e. The summed E-state index contributed by atoms with van der Waals surface area (Å²) in [6.07, 6.45) is 2.27. The molecule has 0 unspecified atom stereocenters. The number of hydrogen-bond donors (Lipinski definition) is 2. The van der Waals surface area contributed by atoms with Crippen LogP contribution in [-0.4, -0.2) is 53.6 Å². The zero-order valence-corrected chi connectivity index (χ0v) is 25.5. The molecule has 0 aliphatic carbocycles. The molecule has 0 aliphatic heterocycles. The van der Waals surface area contributed by atoms with Gasteiger partial charge in [0.05, 0.1) is 6.61 Å². The number of hydrogen-bond acceptors (Lipinski definition) is 6. The molecule has 0 atom stereocenters. The Kier molecular flexibility index (Phi) is 10.7. The standard InChI is InChI=1S/C32H45N3O6/c1-8-39-28(36)21-35-26-15-13-22(11-9-17-33-29(37)40-31(2,3)4)19-24(26)25-20-23(14-16-27(25)35)12-10-18-34-30(38)41-32(5,6)7/h13-16,19-20H,8-12,17-18,21H2,1-7H3,(H,33,37)(H,34,38). The van der Waals surface area contributed by atoms with E-state index in [1.807, 2.05) is 46.1 Å². The predicted octanol–water partition coefficient (Wildman–Crippen LogP) is 6.27. The summed E-state index contributed by atoms with van der Waals surface area (Å²) in [7, 11) is 0. The Hall–Kier alpha value is -3.75. The summed E-state index contributed by atoms with van der Waals surface area (Å²) < 4.78 is 17.9. The third-order valence-electron chi connectivity index (χ3n) is 6.21. The molecule has 0 saturated heterocycles. The topological polar surface area (TPSA) is 108 Å². The van der Waals surface area contributed by atoms with Crippen LogP contribution in [0.1, 0.15) is 72.4 Å². The van der Waals surface area contributed by atoms with Gasteiger partial charge < -0.3 is 29.4 Å². The fourth-order valence-electron chi connectivity index (χ4n) is 4.61. The zero-order valence-electron chi connectivity index (χ0n) is 25.5. The first-order chi connectivity index (χ1) is 19.3. The van der Waals surface area contributed by atoms with Crippen molar-refractivity contribution >= 4 is 40.0 Å². The summed E-state index contributed by atoms with van der Waals surface area (Å²) in [6.45, 7) is 14.3. The minimum absolute atomic E-state index is 0.131. The van der Waals surface area contributed by atoms with Crippen LogP contribution in [0.5, 0.6) is 0 Å². The molecule has 3 rings (SSSR count). The summed E-state index contributed by atoms with van der Waals surface area (Å²) in [6, 6.07) is 12.6. The highest BCUT2D eigenvalue weighted by molar-refractivity contribution is 6.09. The second kappa shape index (κ2) is 13.7. The first kappa shape index (κ1) is 31.8. The lowest BCUT2D eigenvalue weighted by atomic mass is 10.0. The number of alkyl carbamates (subject to hydrolysis) is 2. The van der Waals surface area contributed by atoms with Crippen LogP contribution < -0.4 is 10.6 Å². The van der Waals surface area contributed by atoms with Crippen LogP contribution in [0.4, 0.5) is 9.59 Å². The molecule has 9 nitrogen and oxygen atoms in total. The SMILES string of the molecule is CCOC(=O)Cn1c2ccc(CCCNC(=O)OC(C)(C)C)cc2c2cc(CCCNC(=O)OC(C)(C)C)ccc21. The van der Waals surface area contributed by atoms with Gasteiger partial charge in [0.1, 0.15) is 17.7 Å². The summed E-state index contributed by atoms with van der Waals surface area (Å²) >= 11 is 0. The number of esters is 1. The molecule has 9 heteroatoms. The van der Waals surface area contributed by atoms with Gasteiger partial charge in [-0.25, -0.2) is 9.59 Å². The van der Waals surface area contributed by atoms with Gasteiger partial charge in [0.25, 0.3) is 0 Å². The number of nitrogens with zero attached hydrogens (tertiary/aromatic N) is 1. The lowest BCUT2D eigenvalue weighted by Crippen LogP contribution is -2.33. The number of carbonyl (C=O) groups excluding carboxylic acids is 3. The Labute approximate surface area is 242 Å². The van der Waals surface area contributed by atoms with Gasteiger partial charge in [-0.15, -0.1) is 0 Å². The second-order valence-corrected chi connectivity index (χ2v) is 12.2. The van der Waals surface area contributed by atoms with Crippen molar-refractivity contribution in [2.75, 3.05) is 19.7 Å². The fourth-order valence-corrected chi connectivity index (χ4v) is 4.61. The Bertz CT molecular complexity index is 1270. The monoisotopic (exact) mass is 567 g/mol. The molecular formula is C32H45N3O6. The number of aromatic nitrogens is 1. The maximum Gasteiger partial charge on any atom is 0.407 e. The van der Waals surface area contributed by atoms with E-state index in [0.717, 1.165) is 58.6 Å². The van der Waals surface area contributed by atoms with Crippen molar-refractivity contribution in [1.29, 1.82) is 0 Å². The van der Waals surface area contributed by atoms with Crippen LogP contribution in [0, 0.1) is 0 Å². The Morgan fingerprint density at radius 2 is 1.17 bits per heavy atom. The molecule has 0 aliphatic rings. The average Bonchev–Trinajstić information content (AvgIpc) is 3.15. The summed E-state index contributed by atoms with van der Waals surface area (Å²) in [5, 5.41) is 7.76. The molecule has 2 N–H and O–H groups in total. The van der Waals surface area contributed by atoms with E-state index < -0.39 is 23.4 Å². The van der Waals surface area contributed by atoms with E-state index in [-0.39, 0.29) is 12.5 Å². The van der Waals surface area contributed by atoms with Gasteiger partial charge in [0.2, 0.25) is 0 Å². The number of benzene rings is 2. The largest absolute Gasteiger partial charge is 0.465 e. The van der Waals surface area contributed by atoms with E-state index in [4.69, 9.17) is 14.2 Å². The number of fused-ring (bicyclic) bond motifs is 3. The van der Waals surface area contributed by atoms with E-state index >= 15 is 0 Å². The minimum atomic E-state index is -0.527. The molecule has 41 heavy (non-hydrogen) atoms. The summed E-state index contributed by atoms with van der Waals surface area (Å²) in [5.41, 5.74) is 3.16. The van der Waals surface area contributed by atoms with Crippen molar-refractivity contribution < 1.29 is 28.6 Å². The van der Waals surface area contributed by atoms with Crippen molar-refractivity contribution in [2.24, 2.45) is 0 Å². The lowest BCUT2D eigenvalue weighted by Gasteiger charge is -2.19. The number of aryl methyl sites for hydroxylation is 2. The minimum Gasteiger partial charge on any atom is -0.465 e. The average molecular weight is 568 g/mol. The number of rotatable bonds is 11. The maximum absolute atomic E-state index is 12.4. The highest BCUT2D eigenvalue weighted by Gasteiger charge is 2.18. The van der Waals surface area contributed by atoms with Gasteiger partial charge in [-0.3, -0.25) is 4.79 Å². The Balaban J connectivity index is 1.76. The molecule has 0 bridgehead atoms. The number of nitrogens with one attached hydrogen (secondary N) is 2. The maximum atomic E-state index is 12.4. The van der Waals surface area contributed by atoms with Gasteiger partial charge in [-0.05, 0) is 110 Å². The van der Waals surface area contributed by atoms with Gasteiger partial charge in [0, 0.05) is 34.9 Å². The van der Waals surface area contributed by atoms with E-state index in [1.165, 1.54) is 0 Å². The van der Waals surface area contributed by atoms with Crippen molar-refractivity contribution in [3.63, 3.8) is 0 Å². The van der Waals surface area contributed by atoms with Gasteiger partial charge in [0.15, 0.2) is 0 Å². The molecular weight excluding hydrogens is 522 g/mol. The normalized spacial score (nSPS) is 11.9. The molecule has 2 aromatic carbocycles. The summed E-state index contributed by atoms with van der Waals surface area (Å²) in [4.78, 5) is 36.3. The first-order valence-corrected chi connectivity index (χ1v) is 14.4. The third-order valence-corrected chi connectivity index (χ3v) is 6.21. The molecule has 0 fully saturated rings. The third kappa shape index (κ3) is 9.99. The van der Waals surface area contributed by atoms with E-state index in [0.29, 0.717) is 19.7 Å². The molecule has 0 spiro atoms. The van der Waals surface area contributed by atoms with Crippen LogP contribution in [-0.2, 0) is 38.4 Å². The predicted molar refractivity (Wildman–Crippen MR) is 161 cm³/mol. The van der Waals surface area contributed by atoms with E-state index in [1.54, 1.807) is 6.92 Å². The quantitative estimate of drug-likeness (QED) is 0.161. The second-order valence-electron chi connectivity index (χ2n) is 12.2. The Morgan fingerprint density at radius 1 is 0.732 bits per heavy atom. The molecule has 1 aromatic heterocycles. The fraction of sp³-hybridized carbons (Fsp3) is 0.531. The lowest BCUT2D eigenvalue weighted by molar-refractivity contribution is -0.143. The van der Waals surface area contributed by atoms with Crippen LogP contribution in [0.25, 0.3) is 21.8 Å². The van der Waals surface area contributed by atoms with Gasteiger partial charge in [-0.2, -0.15) is 0 Å². The van der Waals surface area contributed by atoms with Gasteiger partial charge >= 0.3 is 18.2 Å². The van der Waals surface area contributed by atoms with Crippen LogP contribution in [0.3, 0.4) is 0 Å². The molecule has 3 aromatic rings. The highest BCUT2D eigenvalue weighted by Crippen LogP contribution is 2.31. The highest BCUT2D eigenvalue weighted by atomic mass is 16.6. The number of carbonyl (C=O) groups is 3. The van der Waals surface area contributed by atoms with E-state index in [9.17, 15) is 14.4 Å². The molecule has 0 saturated carbocycles. The van der Waals surface area contributed by atoms with Crippen LogP contribution in [0.2, 0.25) is 0 Å². The van der Waals surface area contributed by atoms with Crippen LogP contribution >= 0.6 is 0 Å². The number of amides is 2. The molecule has 1 heterocycles. The van der Waals surface area contributed by atoms with Crippen molar-refractivity contribution in [3.05, 3.63) is 47.5 Å². The first-order valence-electron chi connectivity index (χ1n) is 14.4. The molecule has 224 valence electrons. The summed E-state index contributed by atoms with van der Waals surface area (Å²) in [5.74, 6) is -0.277. The van der Waals surface area contributed by atoms with E-state index in [2.05, 4.69) is 47.0 Å². The van der Waals surface area contributed by atoms with Crippen LogP contribution in [0.15, 0.2) is 36.4 Å². The number of ether oxygens (including phenoxy) is 3. The van der Waals surface area contributed by atoms with Crippen molar-refractivity contribution in [3.8, 4) is 0 Å². The molecule has 0 radical (unpaired) electrons. The Morgan fingerprint density at radius 3 is 1.56 bits per heavy atom. The van der Waals surface area contributed by atoms with Crippen molar-refractivity contribution in [1.82, 2.24) is 15.2 Å². The van der Waals surface area contributed by atoms with Crippen molar-refractivity contribution in [2.45, 2.75) is 91.9 Å².